The predicted molar refractivity (Wildman–Crippen MR) is 85.6 cm³/mol. The molecule has 0 saturated carbocycles. The van der Waals surface area contributed by atoms with Crippen molar-refractivity contribution >= 4 is 11.0 Å². The summed E-state index contributed by atoms with van der Waals surface area (Å²) >= 11 is 0. The van der Waals surface area contributed by atoms with E-state index in [-0.39, 0.29) is 5.56 Å². The lowest BCUT2D eigenvalue weighted by Gasteiger charge is -2.13. The summed E-state index contributed by atoms with van der Waals surface area (Å²) in [6.07, 6.45) is 4.21. The first-order chi connectivity index (χ1) is 10.6. The largest absolute Gasteiger partial charge is 0.299 e. The highest BCUT2D eigenvalue weighted by Gasteiger charge is 2.19. The Morgan fingerprint density at radius 3 is 2.73 bits per heavy atom. The summed E-state index contributed by atoms with van der Waals surface area (Å²) in [5.74, 6) is 0. The third kappa shape index (κ3) is 1.89. The van der Waals surface area contributed by atoms with Crippen molar-refractivity contribution in [2.45, 2.75) is 39.5 Å². The SMILES string of the molecule is Cc1ccc(-n2[nH]c3c4c(nnc3c2=O)CCCC4)cc1C. The van der Waals surface area contributed by atoms with Crippen LogP contribution in [0.15, 0.2) is 23.0 Å². The highest BCUT2D eigenvalue weighted by atomic mass is 16.1. The van der Waals surface area contributed by atoms with Crippen molar-refractivity contribution in [2.75, 3.05) is 0 Å². The third-order valence-electron chi connectivity index (χ3n) is 4.63. The molecule has 1 aliphatic carbocycles. The maximum absolute atomic E-state index is 12.6. The molecule has 0 bridgehead atoms. The number of H-pyrrole nitrogens is 1. The van der Waals surface area contributed by atoms with Crippen molar-refractivity contribution in [3.8, 4) is 5.69 Å². The van der Waals surface area contributed by atoms with Gasteiger partial charge < -0.3 is 0 Å². The molecule has 112 valence electrons. The summed E-state index contributed by atoms with van der Waals surface area (Å²) in [4.78, 5) is 12.6. The number of aromatic nitrogens is 4. The Bertz CT molecular complexity index is 936. The van der Waals surface area contributed by atoms with Crippen LogP contribution in [0.4, 0.5) is 0 Å². The number of aryl methyl sites for hydroxylation is 4. The molecular weight excluding hydrogens is 276 g/mol. The van der Waals surface area contributed by atoms with Gasteiger partial charge in [0, 0.05) is 5.56 Å². The Morgan fingerprint density at radius 2 is 1.91 bits per heavy atom. The molecule has 0 spiro atoms. The fourth-order valence-electron chi connectivity index (χ4n) is 3.16. The first kappa shape index (κ1) is 13.2. The van der Waals surface area contributed by atoms with Gasteiger partial charge >= 0.3 is 0 Å². The maximum Gasteiger partial charge on any atom is 0.299 e. The Balaban J connectivity index is 1.97. The number of fused-ring (bicyclic) bond motifs is 3. The highest BCUT2D eigenvalue weighted by Crippen LogP contribution is 2.24. The number of hydrogen-bond acceptors (Lipinski definition) is 3. The normalized spacial score (nSPS) is 14.3. The summed E-state index contributed by atoms with van der Waals surface area (Å²) in [7, 11) is 0. The number of aromatic amines is 1. The number of nitrogens with zero attached hydrogens (tertiary/aromatic N) is 3. The minimum atomic E-state index is -0.126. The van der Waals surface area contributed by atoms with Crippen molar-refractivity contribution in [1.82, 2.24) is 20.0 Å². The van der Waals surface area contributed by atoms with Crippen LogP contribution in [0.5, 0.6) is 0 Å². The van der Waals surface area contributed by atoms with E-state index in [0.29, 0.717) is 5.52 Å². The Kier molecular flexibility index (Phi) is 2.89. The van der Waals surface area contributed by atoms with E-state index in [2.05, 4.69) is 22.2 Å². The van der Waals surface area contributed by atoms with Gasteiger partial charge in [0.1, 0.15) is 0 Å². The molecule has 5 heteroatoms. The minimum absolute atomic E-state index is 0.126. The van der Waals surface area contributed by atoms with Crippen molar-refractivity contribution in [1.29, 1.82) is 0 Å². The monoisotopic (exact) mass is 294 g/mol. The van der Waals surface area contributed by atoms with E-state index in [1.807, 2.05) is 25.1 Å². The first-order valence-electron chi connectivity index (χ1n) is 7.72. The molecule has 0 fully saturated rings. The van der Waals surface area contributed by atoms with Gasteiger partial charge in [-0.05, 0) is 62.8 Å². The van der Waals surface area contributed by atoms with Crippen molar-refractivity contribution in [2.24, 2.45) is 0 Å². The van der Waals surface area contributed by atoms with Gasteiger partial charge in [-0.15, -0.1) is 5.10 Å². The molecule has 3 aromatic rings. The van der Waals surface area contributed by atoms with Gasteiger partial charge in [-0.2, -0.15) is 5.10 Å². The van der Waals surface area contributed by atoms with Gasteiger partial charge in [0.05, 0.1) is 16.9 Å². The van der Waals surface area contributed by atoms with Gasteiger partial charge in [0.2, 0.25) is 0 Å². The summed E-state index contributed by atoms with van der Waals surface area (Å²) in [6, 6.07) is 6.01. The topological polar surface area (TPSA) is 63.6 Å². The molecule has 0 aliphatic heterocycles. The molecule has 2 aromatic heterocycles. The van der Waals surface area contributed by atoms with Crippen LogP contribution >= 0.6 is 0 Å². The fourth-order valence-corrected chi connectivity index (χ4v) is 3.16. The fraction of sp³-hybridized carbons (Fsp3) is 0.353. The van der Waals surface area contributed by atoms with Gasteiger partial charge in [-0.3, -0.25) is 9.89 Å². The average molecular weight is 294 g/mol. The minimum Gasteiger partial charge on any atom is -0.288 e. The molecule has 1 aromatic carbocycles. The number of rotatable bonds is 1. The molecule has 1 aliphatic rings. The van der Waals surface area contributed by atoms with Gasteiger partial charge in [-0.1, -0.05) is 6.07 Å². The Morgan fingerprint density at radius 1 is 1.09 bits per heavy atom. The van der Waals surface area contributed by atoms with Crippen molar-refractivity contribution < 1.29 is 0 Å². The molecule has 5 nitrogen and oxygen atoms in total. The van der Waals surface area contributed by atoms with Crippen LogP contribution < -0.4 is 5.56 Å². The van der Waals surface area contributed by atoms with E-state index in [4.69, 9.17) is 0 Å². The number of nitrogens with one attached hydrogen (secondary N) is 1. The zero-order chi connectivity index (χ0) is 15.3. The Labute approximate surface area is 128 Å². The summed E-state index contributed by atoms with van der Waals surface area (Å²) < 4.78 is 1.58. The van der Waals surface area contributed by atoms with E-state index >= 15 is 0 Å². The zero-order valence-corrected chi connectivity index (χ0v) is 12.8. The van der Waals surface area contributed by atoms with E-state index in [9.17, 15) is 4.79 Å². The van der Waals surface area contributed by atoms with Crippen LogP contribution in [0.2, 0.25) is 0 Å². The predicted octanol–water partition coefficient (Wildman–Crippen LogP) is 2.60. The number of hydrogen-bond donors (Lipinski definition) is 1. The summed E-state index contributed by atoms with van der Waals surface area (Å²) in [5, 5.41) is 11.7. The summed E-state index contributed by atoms with van der Waals surface area (Å²) in [5.41, 5.74) is 6.59. The van der Waals surface area contributed by atoms with Crippen LogP contribution in [0, 0.1) is 13.8 Å². The van der Waals surface area contributed by atoms with Crippen LogP contribution in [-0.4, -0.2) is 20.0 Å². The number of benzene rings is 1. The molecule has 0 unspecified atom stereocenters. The smallest absolute Gasteiger partial charge is 0.288 e. The molecule has 0 radical (unpaired) electrons. The van der Waals surface area contributed by atoms with Gasteiger partial charge in [0.25, 0.3) is 5.56 Å². The van der Waals surface area contributed by atoms with E-state index < -0.39 is 0 Å². The molecule has 22 heavy (non-hydrogen) atoms. The molecule has 0 atom stereocenters. The van der Waals surface area contributed by atoms with Crippen LogP contribution in [0.3, 0.4) is 0 Å². The molecular formula is C17H18N4O. The molecule has 2 heterocycles. The second kappa shape index (κ2) is 4.80. The van der Waals surface area contributed by atoms with E-state index in [1.54, 1.807) is 4.68 Å². The lowest BCUT2D eigenvalue weighted by atomic mass is 9.96. The first-order valence-corrected chi connectivity index (χ1v) is 7.72. The zero-order valence-electron chi connectivity index (χ0n) is 12.8. The standard InChI is InChI=1S/C17H18N4O/c1-10-7-8-12(9-11(10)2)21-17(22)16-15(20-21)13-5-3-4-6-14(13)18-19-16/h7-9,20H,3-6H2,1-2H3. The van der Waals surface area contributed by atoms with Crippen LogP contribution in [-0.2, 0) is 12.8 Å². The highest BCUT2D eigenvalue weighted by molar-refractivity contribution is 5.78. The molecule has 1 N–H and O–H groups in total. The third-order valence-corrected chi connectivity index (χ3v) is 4.63. The van der Waals surface area contributed by atoms with Gasteiger partial charge in [0.15, 0.2) is 5.52 Å². The lowest BCUT2D eigenvalue weighted by molar-refractivity contribution is 0.661. The average Bonchev–Trinajstić information content (AvgIpc) is 2.88. The molecule has 4 rings (SSSR count). The van der Waals surface area contributed by atoms with Crippen molar-refractivity contribution in [3.63, 3.8) is 0 Å². The van der Waals surface area contributed by atoms with E-state index in [0.717, 1.165) is 53.7 Å². The Hall–Kier alpha value is -2.43. The molecule has 0 saturated heterocycles. The van der Waals surface area contributed by atoms with Gasteiger partial charge in [-0.25, -0.2) is 4.68 Å². The van der Waals surface area contributed by atoms with Crippen molar-refractivity contribution in [3.05, 3.63) is 50.9 Å². The summed E-state index contributed by atoms with van der Waals surface area (Å²) in [6.45, 7) is 4.11. The molecule has 0 amide bonds. The second-order valence-electron chi connectivity index (χ2n) is 6.08. The van der Waals surface area contributed by atoms with Crippen LogP contribution in [0.25, 0.3) is 16.7 Å². The quantitative estimate of drug-likeness (QED) is 0.750. The lowest BCUT2D eigenvalue weighted by Crippen LogP contribution is -2.15. The second-order valence-corrected chi connectivity index (χ2v) is 6.08. The van der Waals surface area contributed by atoms with Crippen LogP contribution in [0.1, 0.15) is 35.2 Å². The maximum atomic E-state index is 12.6. The van der Waals surface area contributed by atoms with E-state index in [1.165, 1.54) is 5.56 Å².